The highest BCUT2D eigenvalue weighted by Gasteiger charge is 2.24. The summed E-state index contributed by atoms with van der Waals surface area (Å²) in [5.41, 5.74) is 1.19. The molecule has 112 valence electrons. The first-order chi connectivity index (χ1) is 9.41. The maximum atomic E-state index is 4.86. The van der Waals surface area contributed by atoms with Gasteiger partial charge in [-0.2, -0.15) is 0 Å². The van der Waals surface area contributed by atoms with Gasteiger partial charge in [-0.05, 0) is 26.7 Å². The lowest BCUT2D eigenvalue weighted by Gasteiger charge is -2.21. The largest absolute Gasteiger partial charge is 0.370 e. The summed E-state index contributed by atoms with van der Waals surface area (Å²) in [5.74, 6) is 1.95. The van der Waals surface area contributed by atoms with Crippen molar-refractivity contribution in [2.45, 2.75) is 76.0 Å². The van der Waals surface area contributed by atoms with E-state index in [2.05, 4.69) is 39.9 Å². The van der Waals surface area contributed by atoms with E-state index in [1.165, 1.54) is 36.3 Å². The standard InChI is InChI=1S/C16H27N3S/c1-6-17-13-11(2)14(20-12-9-7-8-10-12)19-15(18-13)16(3,4)5/h12H,6-10H2,1-5H3,(H,17,18,19). The number of anilines is 1. The van der Waals surface area contributed by atoms with Gasteiger partial charge in [-0.3, -0.25) is 0 Å². The zero-order valence-electron chi connectivity index (χ0n) is 13.4. The molecular formula is C16H27N3S. The Morgan fingerprint density at radius 2 is 1.85 bits per heavy atom. The van der Waals surface area contributed by atoms with Crippen LogP contribution < -0.4 is 5.32 Å². The molecule has 0 aliphatic heterocycles. The highest BCUT2D eigenvalue weighted by Crippen LogP contribution is 2.37. The van der Waals surface area contributed by atoms with Crippen LogP contribution in [0.1, 0.15) is 64.8 Å². The molecule has 1 aliphatic rings. The van der Waals surface area contributed by atoms with Crippen LogP contribution in [0.25, 0.3) is 0 Å². The van der Waals surface area contributed by atoms with E-state index in [1.807, 2.05) is 11.8 Å². The second kappa shape index (κ2) is 6.33. The third-order valence-electron chi connectivity index (χ3n) is 3.70. The van der Waals surface area contributed by atoms with Crippen LogP contribution in [0.2, 0.25) is 0 Å². The van der Waals surface area contributed by atoms with E-state index >= 15 is 0 Å². The second-order valence-electron chi connectivity index (χ2n) is 6.63. The van der Waals surface area contributed by atoms with Gasteiger partial charge in [-0.25, -0.2) is 9.97 Å². The molecule has 0 bridgehead atoms. The molecule has 0 radical (unpaired) electrons. The van der Waals surface area contributed by atoms with Gasteiger partial charge in [-0.15, -0.1) is 11.8 Å². The van der Waals surface area contributed by atoms with Crippen molar-refractivity contribution in [3.8, 4) is 0 Å². The predicted octanol–water partition coefficient (Wildman–Crippen LogP) is 4.55. The highest BCUT2D eigenvalue weighted by atomic mass is 32.2. The highest BCUT2D eigenvalue weighted by molar-refractivity contribution is 7.99. The van der Waals surface area contributed by atoms with Crippen molar-refractivity contribution < 1.29 is 0 Å². The SMILES string of the molecule is CCNc1nc(C(C)(C)C)nc(SC2CCCC2)c1C. The molecule has 1 fully saturated rings. The molecule has 20 heavy (non-hydrogen) atoms. The lowest BCUT2D eigenvalue weighted by Crippen LogP contribution is -2.19. The van der Waals surface area contributed by atoms with Gasteiger partial charge in [0.25, 0.3) is 0 Å². The monoisotopic (exact) mass is 293 g/mol. The molecule has 0 spiro atoms. The van der Waals surface area contributed by atoms with E-state index in [9.17, 15) is 0 Å². The van der Waals surface area contributed by atoms with Crippen molar-refractivity contribution in [3.63, 3.8) is 0 Å². The Morgan fingerprint density at radius 3 is 2.40 bits per heavy atom. The molecule has 0 unspecified atom stereocenters. The molecule has 1 aromatic heterocycles. The summed E-state index contributed by atoms with van der Waals surface area (Å²) in [5, 5.41) is 5.30. The Hall–Kier alpha value is -0.770. The van der Waals surface area contributed by atoms with E-state index in [0.717, 1.165) is 23.4 Å². The van der Waals surface area contributed by atoms with Crippen LogP contribution in [0.5, 0.6) is 0 Å². The number of hydrogen-bond donors (Lipinski definition) is 1. The van der Waals surface area contributed by atoms with Gasteiger partial charge in [0.1, 0.15) is 16.7 Å². The van der Waals surface area contributed by atoms with Crippen LogP contribution in [-0.4, -0.2) is 21.8 Å². The molecular weight excluding hydrogens is 266 g/mol. The summed E-state index contributed by atoms with van der Waals surface area (Å²) in [4.78, 5) is 9.59. The molecule has 1 saturated carbocycles. The number of nitrogens with zero attached hydrogens (tertiary/aromatic N) is 2. The summed E-state index contributed by atoms with van der Waals surface area (Å²) < 4.78 is 0. The van der Waals surface area contributed by atoms with Gasteiger partial charge in [0.05, 0.1) is 0 Å². The Labute approximate surface area is 127 Å². The molecule has 2 rings (SSSR count). The van der Waals surface area contributed by atoms with E-state index in [1.54, 1.807) is 0 Å². The first-order valence-electron chi connectivity index (χ1n) is 7.71. The predicted molar refractivity (Wildman–Crippen MR) is 87.7 cm³/mol. The summed E-state index contributed by atoms with van der Waals surface area (Å²) in [6, 6.07) is 0. The Kier molecular flexibility index (Phi) is 4.95. The van der Waals surface area contributed by atoms with Crippen LogP contribution >= 0.6 is 11.8 Å². The summed E-state index contributed by atoms with van der Waals surface area (Å²) in [6.07, 6.45) is 5.40. The smallest absolute Gasteiger partial charge is 0.137 e. The van der Waals surface area contributed by atoms with Gasteiger partial charge in [0.15, 0.2) is 0 Å². The fraction of sp³-hybridized carbons (Fsp3) is 0.750. The second-order valence-corrected chi connectivity index (χ2v) is 7.92. The third kappa shape index (κ3) is 3.66. The van der Waals surface area contributed by atoms with Gasteiger partial charge in [-0.1, -0.05) is 33.6 Å². The number of thioether (sulfide) groups is 1. The number of hydrogen-bond acceptors (Lipinski definition) is 4. The molecule has 1 N–H and O–H groups in total. The minimum absolute atomic E-state index is 0.0111. The normalized spacial score (nSPS) is 16.6. The lowest BCUT2D eigenvalue weighted by molar-refractivity contribution is 0.538. The van der Waals surface area contributed by atoms with Crippen molar-refractivity contribution in [2.24, 2.45) is 0 Å². The van der Waals surface area contributed by atoms with Crippen molar-refractivity contribution >= 4 is 17.6 Å². The quantitative estimate of drug-likeness (QED) is 0.827. The molecule has 1 aliphatic carbocycles. The number of aromatic nitrogens is 2. The average molecular weight is 293 g/mol. The summed E-state index contributed by atoms with van der Waals surface area (Å²) in [6.45, 7) is 11.7. The zero-order chi connectivity index (χ0) is 14.8. The molecule has 4 heteroatoms. The van der Waals surface area contributed by atoms with Crippen LogP contribution in [-0.2, 0) is 5.41 Å². The Balaban J connectivity index is 2.34. The molecule has 3 nitrogen and oxygen atoms in total. The first kappa shape index (κ1) is 15.6. The number of nitrogens with one attached hydrogen (secondary N) is 1. The van der Waals surface area contributed by atoms with Crippen molar-refractivity contribution in [2.75, 3.05) is 11.9 Å². The maximum absolute atomic E-state index is 4.86. The lowest BCUT2D eigenvalue weighted by atomic mass is 9.95. The molecule has 0 saturated heterocycles. The summed E-state index contributed by atoms with van der Waals surface area (Å²) >= 11 is 1.96. The zero-order valence-corrected chi connectivity index (χ0v) is 14.2. The van der Waals surface area contributed by atoms with Crippen LogP contribution in [0.4, 0.5) is 5.82 Å². The fourth-order valence-corrected chi connectivity index (χ4v) is 3.75. The minimum Gasteiger partial charge on any atom is -0.370 e. The van der Waals surface area contributed by atoms with E-state index in [-0.39, 0.29) is 5.41 Å². The van der Waals surface area contributed by atoms with Gasteiger partial charge in [0, 0.05) is 22.8 Å². The van der Waals surface area contributed by atoms with Gasteiger partial charge in [0.2, 0.25) is 0 Å². The number of rotatable bonds is 4. The van der Waals surface area contributed by atoms with Crippen LogP contribution in [0.3, 0.4) is 0 Å². The van der Waals surface area contributed by atoms with E-state index < -0.39 is 0 Å². The topological polar surface area (TPSA) is 37.8 Å². The molecule has 0 aromatic carbocycles. The van der Waals surface area contributed by atoms with Crippen molar-refractivity contribution in [1.82, 2.24) is 9.97 Å². The van der Waals surface area contributed by atoms with E-state index in [0.29, 0.717) is 0 Å². The fourth-order valence-electron chi connectivity index (χ4n) is 2.45. The third-order valence-corrected chi connectivity index (χ3v) is 5.12. The van der Waals surface area contributed by atoms with Crippen LogP contribution in [0, 0.1) is 6.92 Å². The Bertz CT molecular complexity index is 460. The molecule has 1 heterocycles. The molecule has 0 atom stereocenters. The maximum Gasteiger partial charge on any atom is 0.137 e. The van der Waals surface area contributed by atoms with Crippen molar-refractivity contribution in [1.29, 1.82) is 0 Å². The van der Waals surface area contributed by atoms with Gasteiger partial charge >= 0.3 is 0 Å². The van der Waals surface area contributed by atoms with Crippen LogP contribution in [0.15, 0.2) is 5.03 Å². The summed E-state index contributed by atoms with van der Waals surface area (Å²) in [7, 11) is 0. The Morgan fingerprint density at radius 1 is 1.20 bits per heavy atom. The molecule has 0 amide bonds. The minimum atomic E-state index is -0.0111. The van der Waals surface area contributed by atoms with Gasteiger partial charge < -0.3 is 5.32 Å². The van der Waals surface area contributed by atoms with Crippen molar-refractivity contribution in [3.05, 3.63) is 11.4 Å². The van der Waals surface area contributed by atoms with E-state index in [4.69, 9.17) is 9.97 Å². The average Bonchev–Trinajstić information content (AvgIpc) is 2.86. The first-order valence-corrected chi connectivity index (χ1v) is 8.59. The molecule has 1 aromatic rings.